The summed E-state index contributed by atoms with van der Waals surface area (Å²) in [5.41, 5.74) is 5.22. The zero-order valence-corrected chi connectivity index (χ0v) is 6.97. The van der Waals surface area contributed by atoms with Crippen molar-refractivity contribution in [3.63, 3.8) is 0 Å². The molecule has 0 aromatic carbocycles. The molecule has 1 rings (SSSR count). The molecule has 0 bridgehead atoms. The Hall–Kier alpha value is -1.40. The number of rotatable bonds is 3. The highest BCUT2D eigenvalue weighted by molar-refractivity contribution is 5.86. The summed E-state index contributed by atoms with van der Waals surface area (Å²) in [6, 6.07) is -0.867. The molecule has 1 heterocycles. The molecule has 0 aliphatic rings. The van der Waals surface area contributed by atoms with Gasteiger partial charge in [0.2, 0.25) is 0 Å². The number of carboxylic acids is 1. The molecular weight excluding hydrogens is 176 g/mol. The first-order valence-electron chi connectivity index (χ1n) is 3.64. The summed E-state index contributed by atoms with van der Waals surface area (Å²) in [6.07, 6.45) is 0.104. The number of carboxylic acid groups (broad SMARTS) is 1. The highest BCUT2D eigenvalue weighted by Gasteiger charge is 2.24. The molecule has 0 saturated heterocycles. The third kappa shape index (κ3) is 1.85. The van der Waals surface area contributed by atoms with E-state index in [4.69, 9.17) is 20.4 Å². The lowest BCUT2D eigenvalue weighted by molar-refractivity contribution is 0.0685. The molecule has 2 atom stereocenters. The minimum absolute atomic E-state index is 0.0116. The Morgan fingerprint density at radius 3 is 2.85 bits per heavy atom. The molecule has 13 heavy (non-hydrogen) atoms. The predicted octanol–water partition coefficient (Wildman–Crippen LogP) is -0.247. The maximum Gasteiger partial charge on any atom is 0.358 e. The number of hydrogen-bond donors (Lipinski definition) is 3. The van der Waals surface area contributed by atoms with Crippen molar-refractivity contribution in [3.8, 4) is 0 Å². The Bertz CT molecular complexity index is 307. The quantitative estimate of drug-likeness (QED) is 0.600. The smallest absolute Gasteiger partial charge is 0.358 e. The van der Waals surface area contributed by atoms with Gasteiger partial charge >= 0.3 is 5.97 Å². The highest BCUT2D eigenvalue weighted by Crippen LogP contribution is 2.17. The van der Waals surface area contributed by atoms with Crippen LogP contribution in [0.3, 0.4) is 0 Å². The summed E-state index contributed by atoms with van der Waals surface area (Å²) in [5, 5.41) is 17.7. The molecule has 6 heteroatoms. The third-order valence-corrected chi connectivity index (χ3v) is 1.62. The molecule has 2 unspecified atom stereocenters. The lowest BCUT2D eigenvalue weighted by Gasteiger charge is -2.11. The van der Waals surface area contributed by atoms with E-state index in [1.807, 2.05) is 0 Å². The van der Waals surface area contributed by atoms with Gasteiger partial charge in [-0.1, -0.05) is 0 Å². The van der Waals surface area contributed by atoms with Gasteiger partial charge in [0.05, 0.1) is 12.1 Å². The van der Waals surface area contributed by atoms with E-state index in [1.165, 1.54) is 6.92 Å². The number of carbonyl (C=O) groups is 1. The summed E-state index contributed by atoms with van der Waals surface area (Å²) in [6.45, 7) is 1.44. The van der Waals surface area contributed by atoms with Gasteiger partial charge in [0.15, 0.2) is 17.8 Å². The van der Waals surface area contributed by atoms with Gasteiger partial charge in [0, 0.05) is 0 Å². The molecule has 0 radical (unpaired) electrons. The standard InChI is InChI=1S/C7H10N2O4/c1-3(10)4(8)6-5(7(11)12)9-2-13-6/h2-4,10H,8H2,1H3,(H,11,12). The second-order valence-electron chi connectivity index (χ2n) is 2.64. The van der Waals surface area contributed by atoms with Crippen LogP contribution in [0.4, 0.5) is 0 Å². The SMILES string of the molecule is CC(O)C(N)c1ocnc1C(=O)O. The number of oxazole rings is 1. The monoisotopic (exact) mass is 186 g/mol. The summed E-state index contributed by atoms with van der Waals surface area (Å²) >= 11 is 0. The number of aromatic carboxylic acids is 1. The van der Waals surface area contributed by atoms with Crippen molar-refractivity contribution in [1.82, 2.24) is 4.98 Å². The molecule has 1 aromatic heterocycles. The van der Waals surface area contributed by atoms with Gasteiger partial charge in [0.1, 0.15) is 0 Å². The molecule has 0 saturated carbocycles. The minimum Gasteiger partial charge on any atom is -0.476 e. The van der Waals surface area contributed by atoms with Gasteiger partial charge in [-0.2, -0.15) is 0 Å². The van der Waals surface area contributed by atoms with Crippen molar-refractivity contribution < 1.29 is 19.4 Å². The van der Waals surface area contributed by atoms with E-state index in [1.54, 1.807) is 0 Å². The zero-order chi connectivity index (χ0) is 10.0. The van der Waals surface area contributed by atoms with Crippen molar-refractivity contribution in [1.29, 1.82) is 0 Å². The highest BCUT2D eigenvalue weighted by atomic mass is 16.4. The molecule has 4 N–H and O–H groups in total. The second-order valence-corrected chi connectivity index (χ2v) is 2.64. The normalized spacial score (nSPS) is 15.3. The van der Waals surface area contributed by atoms with Crippen LogP contribution in [0.15, 0.2) is 10.8 Å². The molecule has 0 aliphatic heterocycles. The molecule has 6 nitrogen and oxygen atoms in total. The maximum absolute atomic E-state index is 10.6. The van der Waals surface area contributed by atoms with Crippen molar-refractivity contribution in [2.75, 3.05) is 0 Å². The van der Waals surface area contributed by atoms with Crippen LogP contribution in [0.25, 0.3) is 0 Å². The van der Waals surface area contributed by atoms with E-state index >= 15 is 0 Å². The predicted molar refractivity (Wildman–Crippen MR) is 42.1 cm³/mol. The van der Waals surface area contributed by atoms with Crippen molar-refractivity contribution in [2.45, 2.75) is 19.1 Å². The summed E-state index contributed by atoms with van der Waals surface area (Å²) in [5.74, 6) is -1.23. The maximum atomic E-state index is 10.6. The first-order chi connectivity index (χ1) is 6.04. The summed E-state index contributed by atoms with van der Waals surface area (Å²) in [4.78, 5) is 14.0. The van der Waals surface area contributed by atoms with Crippen LogP contribution in [-0.4, -0.2) is 27.3 Å². The largest absolute Gasteiger partial charge is 0.476 e. The van der Waals surface area contributed by atoms with Crippen LogP contribution in [0.2, 0.25) is 0 Å². The topological polar surface area (TPSA) is 110 Å². The van der Waals surface area contributed by atoms with Crippen LogP contribution in [-0.2, 0) is 0 Å². The Balaban J connectivity index is 3.00. The molecule has 0 fully saturated rings. The fourth-order valence-electron chi connectivity index (χ4n) is 0.871. The van der Waals surface area contributed by atoms with Crippen LogP contribution in [0.5, 0.6) is 0 Å². The number of aliphatic hydroxyl groups is 1. The number of nitrogens with two attached hydrogens (primary N) is 1. The van der Waals surface area contributed by atoms with Gasteiger partial charge in [-0.15, -0.1) is 0 Å². The molecular formula is C7H10N2O4. The van der Waals surface area contributed by atoms with E-state index in [-0.39, 0.29) is 11.5 Å². The zero-order valence-electron chi connectivity index (χ0n) is 6.97. The van der Waals surface area contributed by atoms with Crippen molar-refractivity contribution in [3.05, 3.63) is 17.8 Å². The molecule has 0 spiro atoms. The van der Waals surface area contributed by atoms with E-state index in [2.05, 4.69) is 4.98 Å². The fourth-order valence-corrected chi connectivity index (χ4v) is 0.871. The number of nitrogens with zero attached hydrogens (tertiary/aromatic N) is 1. The van der Waals surface area contributed by atoms with E-state index in [0.717, 1.165) is 6.39 Å². The fraction of sp³-hybridized carbons (Fsp3) is 0.429. The Kier molecular flexibility index (Phi) is 2.64. The van der Waals surface area contributed by atoms with Crippen molar-refractivity contribution >= 4 is 5.97 Å². The Morgan fingerprint density at radius 2 is 2.38 bits per heavy atom. The average molecular weight is 186 g/mol. The van der Waals surface area contributed by atoms with Gasteiger partial charge in [-0.25, -0.2) is 9.78 Å². The van der Waals surface area contributed by atoms with Crippen LogP contribution >= 0.6 is 0 Å². The average Bonchev–Trinajstić information content (AvgIpc) is 2.50. The van der Waals surface area contributed by atoms with Crippen LogP contribution < -0.4 is 5.73 Å². The van der Waals surface area contributed by atoms with Gasteiger partial charge in [-0.3, -0.25) is 0 Å². The first kappa shape index (κ1) is 9.69. The molecule has 1 aromatic rings. The second kappa shape index (κ2) is 3.55. The third-order valence-electron chi connectivity index (χ3n) is 1.62. The van der Waals surface area contributed by atoms with E-state index in [0.29, 0.717) is 0 Å². The Morgan fingerprint density at radius 1 is 1.77 bits per heavy atom. The number of hydrogen-bond acceptors (Lipinski definition) is 5. The van der Waals surface area contributed by atoms with E-state index < -0.39 is 18.1 Å². The first-order valence-corrected chi connectivity index (χ1v) is 3.64. The minimum atomic E-state index is -1.22. The van der Waals surface area contributed by atoms with Crippen LogP contribution in [0, 0.1) is 0 Å². The van der Waals surface area contributed by atoms with Crippen molar-refractivity contribution in [2.24, 2.45) is 5.73 Å². The lowest BCUT2D eigenvalue weighted by Crippen LogP contribution is -2.24. The molecule has 0 aliphatic carbocycles. The van der Waals surface area contributed by atoms with E-state index in [9.17, 15) is 4.79 Å². The number of aliphatic hydroxyl groups excluding tert-OH is 1. The molecule has 0 amide bonds. The molecule has 72 valence electrons. The van der Waals surface area contributed by atoms with Crippen LogP contribution in [0.1, 0.15) is 29.2 Å². The lowest BCUT2D eigenvalue weighted by atomic mass is 10.1. The Labute approximate surface area is 74.0 Å². The van der Waals surface area contributed by atoms with Gasteiger partial charge < -0.3 is 20.4 Å². The summed E-state index contributed by atoms with van der Waals surface area (Å²) in [7, 11) is 0. The number of aromatic nitrogens is 1. The van der Waals surface area contributed by atoms with Gasteiger partial charge in [0.25, 0.3) is 0 Å². The summed E-state index contributed by atoms with van der Waals surface area (Å²) < 4.78 is 4.77. The van der Waals surface area contributed by atoms with Gasteiger partial charge in [-0.05, 0) is 6.92 Å².